The summed E-state index contributed by atoms with van der Waals surface area (Å²) in [5.41, 5.74) is -2.23. The number of aromatic nitrogens is 1. The maximum Gasteiger partial charge on any atom is 0.417 e. The molecule has 3 amide bonds. The predicted octanol–water partition coefficient (Wildman–Crippen LogP) is 9.25. The number of hydrogen-bond acceptors (Lipinski definition) is 11. The van der Waals surface area contributed by atoms with Crippen molar-refractivity contribution in [1.29, 1.82) is 0 Å². The van der Waals surface area contributed by atoms with E-state index in [1.807, 2.05) is 74.4 Å². The summed E-state index contributed by atoms with van der Waals surface area (Å²) >= 11 is 0. The van der Waals surface area contributed by atoms with Gasteiger partial charge in [-0.25, -0.2) is 4.79 Å². The van der Waals surface area contributed by atoms with Crippen LogP contribution in [0.4, 0.5) is 37.7 Å². The highest BCUT2D eigenvalue weighted by atomic mass is 19.4. The molecule has 3 aliphatic heterocycles. The second-order valence-corrected chi connectivity index (χ2v) is 19.6. The lowest BCUT2D eigenvalue weighted by Crippen LogP contribution is -2.58. The Morgan fingerprint density at radius 3 is 1.91 bits per heavy atom. The van der Waals surface area contributed by atoms with Crippen molar-refractivity contribution in [3.63, 3.8) is 0 Å². The number of nitrogens with zero attached hydrogens (tertiary/aromatic N) is 3. The molecule has 1 atom stereocenters. The molecule has 21 heteroatoms. The normalized spacial score (nSPS) is 15.5. The highest BCUT2D eigenvalue weighted by Crippen LogP contribution is 2.57. The van der Waals surface area contributed by atoms with Gasteiger partial charge in [0.2, 0.25) is 5.91 Å². The fourth-order valence-corrected chi connectivity index (χ4v) is 10.1. The number of halogens is 6. The van der Waals surface area contributed by atoms with Crippen LogP contribution in [0.3, 0.4) is 0 Å². The number of carbonyl (C=O) groups excluding carboxylic acids is 4. The molecule has 0 saturated carbocycles. The minimum Gasteiger partial charge on any atom is -0.456 e. The number of fused-ring (bicyclic) bond motifs is 6. The van der Waals surface area contributed by atoms with E-state index >= 15 is 0 Å². The Kier molecular flexibility index (Phi) is 16.4. The summed E-state index contributed by atoms with van der Waals surface area (Å²) < 4.78 is 116. The van der Waals surface area contributed by atoms with E-state index in [0.717, 1.165) is 17.4 Å². The topological polar surface area (TPSA) is 162 Å². The van der Waals surface area contributed by atoms with Crippen molar-refractivity contribution in [3.05, 3.63) is 129 Å². The quantitative estimate of drug-likeness (QED) is 0.0387. The van der Waals surface area contributed by atoms with Crippen molar-refractivity contribution in [2.75, 3.05) is 84.1 Å². The van der Waals surface area contributed by atoms with E-state index in [9.17, 15) is 45.5 Å². The molecule has 1 saturated heterocycles. The zero-order chi connectivity index (χ0) is 55.6. The highest BCUT2D eigenvalue weighted by Gasteiger charge is 2.54. The summed E-state index contributed by atoms with van der Waals surface area (Å²) in [5, 5.41) is 8.41. The Morgan fingerprint density at radius 1 is 0.727 bits per heavy atom. The molecule has 77 heavy (non-hydrogen) atoms. The molecule has 1 spiro atoms. The van der Waals surface area contributed by atoms with E-state index in [2.05, 4.69) is 16.0 Å². The fraction of sp³-hybridized carbons (Fsp3) is 0.429. The van der Waals surface area contributed by atoms with Crippen LogP contribution >= 0.6 is 0 Å². The molecule has 15 nitrogen and oxygen atoms in total. The molecule has 3 N–H and O–H groups in total. The number of rotatable bonds is 20. The van der Waals surface area contributed by atoms with Gasteiger partial charge in [0.1, 0.15) is 17.0 Å². The van der Waals surface area contributed by atoms with Gasteiger partial charge in [0.15, 0.2) is 5.60 Å². The molecular weight excluding hydrogens is 1010 g/mol. The number of benzene rings is 4. The Balaban J connectivity index is 0.846. The third kappa shape index (κ3) is 11.3. The number of carbonyl (C=O) groups is 4. The molecule has 5 aromatic rings. The number of anilines is 2. The number of hydrogen-bond donors (Lipinski definition) is 3. The summed E-state index contributed by atoms with van der Waals surface area (Å²) in [7, 11) is 7.66. The molecule has 3 aliphatic rings. The van der Waals surface area contributed by atoms with Crippen molar-refractivity contribution in [3.8, 4) is 22.8 Å². The van der Waals surface area contributed by atoms with Crippen LogP contribution < -0.4 is 30.5 Å². The third-order valence-corrected chi connectivity index (χ3v) is 14.4. The molecular formula is C56H62F6N6O9. The van der Waals surface area contributed by atoms with Gasteiger partial charge in [-0.2, -0.15) is 26.3 Å². The van der Waals surface area contributed by atoms with Crippen LogP contribution in [0.2, 0.25) is 0 Å². The van der Waals surface area contributed by atoms with Crippen LogP contribution in [0, 0.1) is 6.92 Å². The van der Waals surface area contributed by atoms with E-state index in [1.165, 1.54) is 11.5 Å². The van der Waals surface area contributed by atoms with Gasteiger partial charge in [-0.05, 0) is 99.3 Å². The zero-order valence-corrected chi connectivity index (χ0v) is 43.9. The predicted molar refractivity (Wildman–Crippen MR) is 275 cm³/mol. The number of esters is 1. The number of alkyl halides is 6. The summed E-state index contributed by atoms with van der Waals surface area (Å²) in [6, 6.07) is 18.5. The molecule has 1 aromatic heterocycles. The van der Waals surface area contributed by atoms with Gasteiger partial charge in [-0.1, -0.05) is 13.8 Å². The molecule has 4 aromatic carbocycles. The number of nitrogens with one attached hydrogen (secondary N) is 3. The molecule has 0 aliphatic carbocycles. The second kappa shape index (κ2) is 22.5. The fourth-order valence-electron chi connectivity index (χ4n) is 10.1. The Bertz CT molecular complexity index is 2980. The van der Waals surface area contributed by atoms with Crippen LogP contribution in [0.15, 0.2) is 78.9 Å². The van der Waals surface area contributed by atoms with E-state index in [1.54, 1.807) is 32.0 Å². The van der Waals surface area contributed by atoms with Crippen LogP contribution in [0.5, 0.6) is 11.5 Å². The SMILES string of the molecule is CCC(CC)(NC(=O)c1cc(-c2cc(C(F)(F)F)ccc2C(F)(F)F)n(C[C@H]2CCCO2)c1C)C(=O)NCCOCCOCCNC(=O)c1ccc2c(c1)C1(OC2=O)c2ccc(N(C)C)cc2Oc2cc(N(C)C)ccc21. The second-order valence-electron chi connectivity index (χ2n) is 19.6. The third-order valence-electron chi connectivity index (χ3n) is 14.4. The summed E-state index contributed by atoms with van der Waals surface area (Å²) in [6.45, 7) is 5.93. The standard InChI is InChI=1S/C56H62F6N6O9/c1-8-53(9-2,65-50(70)40-31-46(68(33(40)3)32-38-11-10-22-75-38)41-28-35(55(57,58)59)13-17-42(41)56(60,61)62)52(72)64-21-24-74-26-25-73-23-20-63-49(69)34-12-16-39-45(27-34)54(77-51(39)71)43-18-14-36(66(4)5)29-47(43)76-48-30-37(67(6)7)15-19-44(48)54/h12-19,27-31,38H,8-11,20-26,32H2,1-7H3,(H,63,69)(H,64,72)(H,65,70)/t38-/m1/s1. The Hall–Kier alpha value is -7.10. The largest absolute Gasteiger partial charge is 0.456 e. The smallest absolute Gasteiger partial charge is 0.417 e. The van der Waals surface area contributed by atoms with Crippen molar-refractivity contribution in [2.24, 2.45) is 0 Å². The minimum absolute atomic E-state index is 0.0185. The minimum atomic E-state index is -5.02. The first kappa shape index (κ1) is 56.1. The first-order valence-corrected chi connectivity index (χ1v) is 25.4. The molecule has 4 heterocycles. The molecule has 1 fully saturated rings. The summed E-state index contributed by atoms with van der Waals surface area (Å²) in [6.07, 6.45) is -8.94. The lowest BCUT2D eigenvalue weighted by Gasteiger charge is -2.37. The summed E-state index contributed by atoms with van der Waals surface area (Å²) in [5.74, 6) is -1.24. The first-order chi connectivity index (χ1) is 36.5. The number of amides is 3. The maximum atomic E-state index is 14.4. The first-order valence-electron chi connectivity index (χ1n) is 25.4. The van der Waals surface area contributed by atoms with Gasteiger partial charge in [0.05, 0.1) is 54.8 Å². The monoisotopic (exact) mass is 1080 g/mol. The van der Waals surface area contributed by atoms with Gasteiger partial charge in [0.25, 0.3) is 11.8 Å². The van der Waals surface area contributed by atoms with E-state index in [-0.39, 0.29) is 75.9 Å². The van der Waals surface area contributed by atoms with Crippen LogP contribution in [0.1, 0.15) is 104 Å². The summed E-state index contributed by atoms with van der Waals surface area (Å²) in [4.78, 5) is 58.9. The van der Waals surface area contributed by atoms with Gasteiger partial charge in [-0.3, -0.25) is 14.4 Å². The molecule has 0 unspecified atom stereocenters. The molecule has 0 bridgehead atoms. The average molecular weight is 1080 g/mol. The van der Waals surface area contributed by atoms with E-state index in [0.29, 0.717) is 77.0 Å². The average Bonchev–Trinajstić information content (AvgIpc) is 4.23. The maximum absolute atomic E-state index is 14.4. The van der Waals surface area contributed by atoms with Gasteiger partial charge < -0.3 is 54.0 Å². The Labute approximate surface area is 442 Å². The van der Waals surface area contributed by atoms with Crippen LogP contribution in [0.25, 0.3) is 11.3 Å². The van der Waals surface area contributed by atoms with Crippen molar-refractivity contribution in [1.82, 2.24) is 20.5 Å². The van der Waals surface area contributed by atoms with Gasteiger partial charge in [-0.15, -0.1) is 0 Å². The van der Waals surface area contributed by atoms with Crippen molar-refractivity contribution < 1.29 is 69.2 Å². The lowest BCUT2D eigenvalue weighted by atomic mass is 9.77. The van der Waals surface area contributed by atoms with E-state index in [4.69, 9.17) is 23.7 Å². The zero-order valence-electron chi connectivity index (χ0n) is 43.9. The molecule has 8 rings (SSSR count). The Morgan fingerprint density at radius 2 is 1.35 bits per heavy atom. The molecule has 0 radical (unpaired) electrons. The van der Waals surface area contributed by atoms with Gasteiger partial charge in [0, 0.05) is 117 Å². The van der Waals surface area contributed by atoms with Crippen molar-refractivity contribution >= 4 is 35.1 Å². The van der Waals surface area contributed by atoms with Crippen LogP contribution in [-0.4, -0.2) is 114 Å². The van der Waals surface area contributed by atoms with Crippen molar-refractivity contribution in [2.45, 2.75) is 82.6 Å². The van der Waals surface area contributed by atoms with Crippen LogP contribution in [-0.2, 0) is 48.2 Å². The lowest BCUT2D eigenvalue weighted by molar-refractivity contribution is -0.141. The van der Waals surface area contributed by atoms with Gasteiger partial charge >= 0.3 is 18.3 Å². The highest BCUT2D eigenvalue weighted by molar-refractivity contribution is 6.02. The van der Waals surface area contributed by atoms with E-state index < -0.39 is 70.0 Å². The number of ether oxygens (including phenoxy) is 5. The molecule has 412 valence electrons.